The van der Waals surface area contributed by atoms with Crippen LogP contribution in [0.5, 0.6) is 5.75 Å². The van der Waals surface area contributed by atoms with Crippen molar-refractivity contribution in [1.29, 1.82) is 0 Å². The normalized spacial score (nSPS) is 31.8. The van der Waals surface area contributed by atoms with Gasteiger partial charge in [0, 0.05) is 16.3 Å². The van der Waals surface area contributed by atoms with E-state index in [0.29, 0.717) is 32.6 Å². The molecule has 0 spiro atoms. The lowest BCUT2D eigenvalue weighted by Gasteiger charge is -2.51. The third-order valence-electron chi connectivity index (χ3n) is 9.67. The van der Waals surface area contributed by atoms with Crippen LogP contribution in [0.3, 0.4) is 0 Å². The monoisotopic (exact) mass is 700 g/mol. The van der Waals surface area contributed by atoms with Gasteiger partial charge < -0.3 is 5.11 Å². The first-order valence-corrected chi connectivity index (χ1v) is 16.1. The molecule has 11 heteroatoms. The quantitative estimate of drug-likeness (QED) is 0.147. The smallest absolute Gasteiger partial charge is 0.254 e. The van der Waals surface area contributed by atoms with Gasteiger partial charge in [0.15, 0.2) is 9.75 Å². The first-order valence-electron chi connectivity index (χ1n) is 13.8. The Hall–Kier alpha value is -2.91. The van der Waals surface area contributed by atoms with Crippen LogP contribution in [0.4, 0.5) is 5.69 Å². The number of phenolic OH excluding ortho intramolecular Hbond substituents is 1. The van der Waals surface area contributed by atoms with Crippen molar-refractivity contribution >= 4 is 90.8 Å². The van der Waals surface area contributed by atoms with E-state index in [2.05, 4.69) is 15.9 Å². The Bertz CT molecular complexity index is 1830. The van der Waals surface area contributed by atoms with Crippen molar-refractivity contribution < 1.29 is 24.3 Å². The number of carbonyl (C=O) groups excluding carboxylic acids is 4. The maximum Gasteiger partial charge on any atom is 0.254 e. The molecule has 1 saturated carbocycles. The van der Waals surface area contributed by atoms with Crippen molar-refractivity contribution in [3.8, 4) is 5.75 Å². The lowest BCUT2D eigenvalue weighted by Crippen LogP contribution is -2.60. The van der Waals surface area contributed by atoms with Gasteiger partial charge in [0.05, 0.1) is 23.0 Å². The van der Waals surface area contributed by atoms with Crippen molar-refractivity contribution in [3.63, 3.8) is 0 Å². The van der Waals surface area contributed by atoms with Gasteiger partial charge >= 0.3 is 0 Å². The maximum atomic E-state index is 14.2. The summed E-state index contributed by atoms with van der Waals surface area (Å²) in [7, 11) is 0. The molecule has 220 valence electrons. The summed E-state index contributed by atoms with van der Waals surface area (Å²) >= 11 is 24.3. The van der Waals surface area contributed by atoms with Crippen molar-refractivity contribution in [2.45, 2.75) is 35.4 Å². The number of carbonyl (C=O) groups is 4. The maximum absolute atomic E-state index is 14.2. The Morgan fingerprint density at radius 3 is 2.37 bits per heavy atom. The van der Waals surface area contributed by atoms with Crippen LogP contribution in [0.1, 0.15) is 29.9 Å². The molecule has 1 N–H and O–H groups in total. The second-order valence-electron chi connectivity index (χ2n) is 11.7. The van der Waals surface area contributed by atoms with E-state index in [0.717, 1.165) is 10.5 Å². The summed E-state index contributed by atoms with van der Waals surface area (Å²) in [6.07, 6.45) is 2.04. The zero-order valence-corrected chi connectivity index (χ0v) is 26.5. The first kappa shape index (κ1) is 28.8. The number of imide groups is 2. The largest absolute Gasteiger partial charge is 0.507 e. The zero-order chi connectivity index (χ0) is 30.6. The van der Waals surface area contributed by atoms with Crippen LogP contribution in [-0.4, -0.2) is 48.8 Å². The van der Waals surface area contributed by atoms with Crippen molar-refractivity contribution in [2.24, 2.45) is 17.8 Å². The average Bonchev–Trinajstić information content (AvgIpc) is 3.33. The number of rotatable bonds is 3. The molecule has 3 aromatic carbocycles. The molecule has 0 radical (unpaired) electrons. The van der Waals surface area contributed by atoms with Crippen LogP contribution in [0.25, 0.3) is 10.8 Å². The number of hydrogen-bond donors (Lipinski definition) is 1. The molecule has 4 aliphatic rings. The number of benzene rings is 3. The molecule has 4 amide bonds. The Balaban J connectivity index is 1.43. The fourth-order valence-corrected chi connectivity index (χ4v) is 9.22. The molecule has 43 heavy (non-hydrogen) atoms. The minimum Gasteiger partial charge on any atom is -0.507 e. The molecule has 7 rings (SSSR count). The van der Waals surface area contributed by atoms with E-state index in [1.54, 1.807) is 36.4 Å². The Morgan fingerprint density at radius 2 is 1.67 bits per heavy atom. The molecular weight excluding hydrogens is 679 g/mol. The molecule has 6 atom stereocenters. The molecule has 3 aromatic rings. The fourth-order valence-electron chi connectivity index (χ4n) is 7.63. The van der Waals surface area contributed by atoms with E-state index in [9.17, 15) is 24.3 Å². The van der Waals surface area contributed by atoms with Crippen molar-refractivity contribution in [1.82, 2.24) is 4.90 Å². The Labute approximate surface area is 270 Å². The van der Waals surface area contributed by atoms with Gasteiger partial charge in [-0.1, -0.05) is 75.6 Å². The second-order valence-corrected chi connectivity index (χ2v) is 13.8. The Kier molecular flexibility index (Phi) is 6.57. The van der Waals surface area contributed by atoms with Crippen LogP contribution in [0.15, 0.2) is 66.2 Å². The highest BCUT2D eigenvalue weighted by molar-refractivity contribution is 9.09. The van der Waals surface area contributed by atoms with Crippen LogP contribution in [0, 0.1) is 24.7 Å². The number of aryl methyl sites for hydroxylation is 1. The SMILES string of the molecule is Cc1ccc(N2C(=O)C3CC=C4C(CC5(Cl)C(=O)N(CBr)C(=O)C5(Cl)C4c4ccc(O)c5ccccc45)C3C2=O)cc1Cl. The number of likely N-dealkylation sites (tertiary alicyclic amines) is 1. The summed E-state index contributed by atoms with van der Waals surface area (Å²) in [6, 6.07) is 15.4. The minimum atomic E-state index is -1.93. The topological polar surface area (TPSA) is 95.0 Å². The number of allylic oxidation sites excluding steroid dienone is 2. The molecule has 3 fully saturated rings. The highest BCUT2D eigenvalue weighted by atomic mass is 79.9. The standard InChI is InChI=1S/C32H24BrCl3N2O5/c1-15-6-7-16(12-23(15)34)38-27(40)21-9-8-20-22(25(21)28(38)41)13-31(35)29(42)37(14-33)30(43)32(31,36)26(20)19-10-11-24(39)18-5-3-2-4-17(18)19/h2-8,10-12,21-22,25-26,39H,9,13-14H2,1H3. The lowest BCUT2D eigenvalue weighted by atomic mass is 9.56. The predicted molar refractivity (Wildman–Crippen MR) is 168 cm³/mol. The van der Waals surface area contributed by atoms with E-state index in [-0.39, 0.29) is 30.0 Å². The number of fused-ring (bicyclic) bond motifs is 5. The average molecular weight is 703 g/mol. The number of nitrogens with zero attached hydrogens (tertiary/aromatic N) is 2. The summed E-state index contributed by atoms with van der Waals surface area (Å²) in [5, 5.41) is 12.3. The molecule has 0 aromatic heterocycles. The van der Waals surface area contributed by atoms with Crippen LogP contribution < -0.4 is 4.90 Å². The summed E-state index contributed by atoms with van der Waals surface area (Å²) in [5.74, 6) is -5.09. The molecule has 2 saturated heterocycles. The van der Waals surface area contributed by atoms with Gasteiger partial charge in [0.25, 0.3) is 11.8 Å². The number of amides is 4. The molecule has 2 aliphatic carbocycles. The fraction of sp³-hybridized carbons (Fsp3) is 0.312. The highest BCUT2D eigenvalue weighted by Gasteiger charge is 2.76. The van der Waals surface area contributed by atoms with Gasteiger partial charge in [0.2, 0.25) is 11.8 Å². The molecule has 7 nitrogen and oxygen atoms in total. The third-order valence-corrected chi connectivity index (χ3v) is 12.0. The number of halogens is 4. The number of aromatic hydroxyl groups is 1. The molecule has 6 unspecified atom stereocenters. The van der Waals surface area contributed by atoms with Crippen molar-refractivity contribution in [2.75, 3.05) is 10.4 Å². The minimum absolute atomic E-state index is 0.0463. The van der Waals surface area contributed by atoms with Gasteiger partial charge in [-0.05, 0) is 60.4 Å². The first-order chi connectivity index (χ1) is 20.5. The number of anilines is 1. The zero-order valence-electron chi connectivity index (χ0n) is 22.7. The molecular formula is C32H24BrCl3N2O5. The van der Waals surface area contributed by atoms with Crippen LogP contribution in [0.2, 0.25) is 5.02 Å². The van der Waals surface area contributed by atoms with Gasteiger partial charge in [-0.25, -0.2) is 4.90 Å². The number of phenols is 1. The van der Waals surface area contributed by atoms with E-state index in [1.807, 2.05) is 25.1 Å². The van der Waals surface area contributed by atoms with E-state index >= 15 is 0 Å². The summed E-state index contributed by atoms with van der Waals surface area (Å²) in [5.41, 5.74) is 2.37. The van der Waals surface area contributed by atoms with Crippen molar-refractivity contribution in [3.05, 3.63) is 82.4 Å². The van der Waals surface area contributed by atoms with Crippen LogP contribution >= 0.6 is 50.7 Å². The Morgan fingerprint density at radius 1 is 0.953 bits per heavy atom. The van der Waals surface area contributed by atoms with E-state index in [4.69, 9.17) is 34.8 Å². The summed E-state index contributed by atoms with van der Waals surface area (Å²) < 4.78 is 0. The summed E-state index contributed by atoms with van der Waals surface area (Å²) in [4.78, 5) is 54.3. The number of hydrogen-bond acceptors (Lipinski definition) is 5. The van der Waals surface area contributed by atoms with E-state index in [1.165, 1.54) is 11.0 Å². The van der Waals surface area contributed by atoms with Gasteiger partial charge in [-0.3, -0.25) is 24.1 Å². The van der Waals surface area contributed by atoms with Crippen LogP contribution in [-0.2, 0) is 19.2 Å². The molecule has 0 bridgehead atoms. The lowest BCUT2D eigenvalue weighted by molar-refractivity contribution is -0.138. The van der Waals surface area contributed by atoms with Gasteiger partial charge in [-0.15, -0.1) is 23.2 Å². The van der Waals surface area contributed by atoms with Gasteiger partial charge in [-0.2, -0.15) is 0 Å². The van der Waals surface area contributed by atoms with Gasteiger partial charge in [0.1, 0.15) is 5.75 Å². The highest BCUT2D eigenvalue weighted by Crippen LogP contribution is 2.66. The molecule has 2 heterocycles. The van der Waals surface area contributed by atoms with E-state index < -0.39 is 51.1 Å². The predicted octanol–water partition coefficient (Wildman–Crippen LogP) is 6.42. The third kappa shape index (κ3) is 3.67. The number of alkyl halides is 3. The molecule has 2 aliphatic heterocycles. The summed E-state index contributed by atoms with van der Waals surface area (Å²) in [6.45, 7) is 1.83. The second kappa shape index (κ2) is 9.80.